The minimum atomic E-state index is 0.145. The van der Waals surface area contributed by atoms with Gasteiger partial charge in [0.1, 0.15) is 0 Å². The molecule has 18 heavy (non-hydrogen) atoms. The van der Waals surface area contributed by atoms with Gasteiger partial charge >= 0.3 is 0 Å². The lowest BCUT2D eigenvalue weighted by molar-refractivity contribution is 0.354. The van der Waals surface area contributed by atoms with Gasteiger partial charge in [0.15, 0.2) is 11.5 Å². The molecular formula is C15H21NO2. The standard InChI is InChI=1S/C15H21NO2/c1-9(2)5-12-11-8-15(18-4)14(17-3)7-10(11)6-13(12)16/h5,7-8,12-13H,6,16H2,1-4H3/t12-,13+/m0/s1. The number of hydrogen-bond acceptors (Lipinski definition) is 3. The number of nitrogens with two attached hydrogens (primary N) is 1. The molecule has 0 heterocycles. The lowest BCUT2D eigenvalue weighted by Gasteiger charge is -2.14. The highest BCUT2D eigenvalue weighted by Gasteiger charge is 2.29. The molecule has 1 aliphatic rings. The maximum atomic E-state index is 6.23. The van der Waals surface area contributed by atoms with E-state index in [2.05, 4.69) is 26.0 Å². The van der Waals surface area contributed by atoms with Crippen molar-refractivity contribution < 1.29 is 9.47 Å². The van der Waals surface area contributed by atoms with Crippen LogP contribution in [-0.2, 0) is 6.42 Å². The summed E-state index contributed by atoms with van der Waals surface area (Å²) in [7, 11) is 3.32. The summed E-state index contributed by atoms with van der Waals surface area (Å²) in [5.41, 5.74) is 10.1. The molecule has 0 radical (unpaired) electrons. The van der Waals surface area contributed by atoms with Crippen LogP contribution in [0.5, 0.6) is 11.5 Å². The van der Waals surface area contributed by atoms with E-state index in [1.54, 1.807) is 14.2 Å². The zero-order valence-electron chi connectivity index (χ0n) is 11.5. The van der Waals surface area contributed by atoms with Crippen molar-refractivity contribution in [2.24, 2.45) is 5.73 Å². The number of ether oxygens (including phenoxy) is 2. The van der Waals surface area contributed by atoms with Gasteiger partial charge in [0.05, 0.1) is 14.2 Å². The molecule has 1 aromatic carbocycles. The summed E-state index contributed by atoms with van der Waals surface area (Å²) in [6.07, 6.45) is 3.13. The molecule has 0 saturated heterocycles. The third kappa shape index (κ3) is 2.23. The SMILES string of the molecule is COc1cc2c(cc1OC)[C@H](C=C(C)C)[C@H](N)C2. The molecule has 0 amide bonds. The fraction of sp³-hybridized carbons (Fsp3) is 0.467. The van der Waals surface area contributed by atoms with Crippen molar-refractivity contribution >= 4 is 0 Å². The number of rotatable bonds is 3. The molecule has 3 nitrogen and oxygen atoms in total. The molecule has 0 fully saturated rings. The Morgan fingerprint density at radius 3 is 2.39 bits per heavy atom. The van der Waals surface area contributed by atoms with Crippen molar-refractivity contribution in [3.63, 3.8) is 0 Å². The lowest BCUT2D eigenvalue weighted by Crippen LogP contribution is -2.23. The molecule has 2 atom stereocenters. The summed E-state index contributed by atoms with van der Waals surface area (Å²) in [5.74, 6) is 1.84. The first-order valence-electron chi connectivity index (χ1n) is 6.22. The molecule has 0 aliphatic heterocycles. The molecule has 0 bridgehead atoms. The molecule has 0 unspecified atom stereocenters. The van der Waals surface area contributed by atoms with Gasteiger partial charge in [-0.15, -0.1) is 0 Å². The largest absolute Gasteiger partial charge is 0.493 e. The molecule has 2 N–H and O–H groups in total. The van der Waals surface area contributed by atoms with Crippen LogP contribution in [0.15, 0.2) is 23.8 Å². The molecule has 1 aliphatic carbocycles. The Hall–Kier alpha value is -1.48. The first-order chi connectivity index (χ1) is 8.56. The Bertz CT molecular complexity index is 476. The number of fused-ring (bicyclic) bond motifs is 1. The summed E-state index contributed by atoms with van der Waals surface area (Å²) >= 11 is 0. The summed E-state index contributed by atoms with van der Waals surface area (Å²) in [4.78, 5) is 0. The predicted molar refractivity (Wildman–Crippen MR) is 73.4 cm³/mol. The molecule has 98 valence electrons. The summed E-state index contributed by atoms with van der Waals surface area (Å²) in [6, 6.07) is 4.25. The van der Waals surface area contributed by atoms with Gasteiger partial charge in [-0.2, -0.15) is 0 Å². The fourth-order valence-electron chi connectivity index (χ4n) is 2.61. The van der Waals surface area contributed by atoms with Crippen molar-refractivity contribution in [1.82, 2.24) is 0 Å². The smallest absolute Gasteiger partial charge is 0.161 e. The first-order valence-corrected chi connectivity index (χ1v) is 6.22. The van der Waals surface area contributed by atoms with Gasteiger partial charge in [0.2, 0.25) is 0 Å². The second kappa shape index (κ2) is 5.02. The van der Waals surface area contributed by atoms with Crippen LogP contribution in [-0.4, -0.2) is 20.3 Å². The zero-order valence-corrected chi connectivity index (χ0v) is 11.5. The average molecular weight is 247 g/mol. The fourth-order valence-corrected chi connectivity index (χ4v) is 2.61. The number of allylic oxidation sites excluding steroid dienone is 1. The summed E-state index contributed by atoms with van der Waals surface area (Å²) in [6.45, 7) is 4.21. The second-order valence-electron chi connectivity index (χ2n) is 5.04. The molecule has 0 spiro atoms. The highest BCUT2D eigenvalue weighted by atomic mass is 16.5. The molecule has 2 rings (SSSR count). The van der Waals surface area contributed by atoms with Crippen molar-refractivity contribution in [2.75, 3.05) is 14.2 Å². The van der Waals surface area contributed by atoms with Gasteiger partial charge in [0.25, 0.3) is 0 Å². The van der Waals surface area contributed by atoms with Crippen LogP contribution in [0.4, 0.5) is 0 Å². The quantitative estimate of drug-likeness (QED) is 0.835. The van der Waals surface area contributed by atoms with Gasteiger partial charge in [-0.1, -0.05) is 11.6 Å². The van der Waals surface area contributed by atoms with Crippen LogP contribution in [0, 0.1) is 0 Å². The Morgan fingerprint density at radius 2 is 1.83 bits per heavy atom. The van der Waals surface area contributed by atoms with E-state index in [0.29, 0.717) is 0 Å². The molecule has 0 aromatic heterocycles. The number of methoxy groups -OCH3 is 2. The van der Waals surface area contributed by atoms with Crippen LogP contribution in [0.1, 0.15) is 30.9 Å². The maximum absolute atomic E-state index is 6.23. The van der Waals surface area contributed by atoms with Crippen molar-refractivity contribution in [1.29, 1.82) is 0 Å². The molecular weight excluding hydrogens is 226 g/mol. The Kier molecular flexibility index (Phi) is 3.62. The van der Waals surface area contributed by atoms with Crippen molar-refractivity contribution in [3.05, 3.63) is 34.9 Å². The van der Waals surface area contributed by atoms with E-state index in [1.165, 1.54) is 16.7 Å². The summed E-state index contributed by atoms with van der Waals surface area (Å²) in [5, 5.41) is 0. The molecule has 3 heteroatoms. The highest BCUT2D eigenvalue weighted by Crippen LogP contribution is 2.40. The zero-order chi connectivity index (χ0) is 13.3. The van der Waals surface area contributed by atoms with E-state index in [9.17, 15) is 0 Å². The topological polar surface area (TPSA) is 44.5 Å². The maximum Gasteiger partial charge on any atom is 0.161 e. The van der Waals surface area contributed by atoms with E-state index in [-0.39, 0.29) is 12.0 Å². The third-order valence-corrected chi connectivity index (χ3v) is 3.43. The van der Waals surface area contributed by atoms with E-state index in [4.69, 9.17) is 15.2 Å². The van der Waals surface area contributed by atoms with E-state index in [1.807, 2.05) is 6.07 Å². The Balaban J connectivity index is 2.48. The number of benzene rings is 1. The monoisotopic (exact) mass is 247 g/mol. The van der Waals surface area contributed by atoms with Crippen LogP contribution < -0.4 is 15.2 Å². The van der Waals surface area contributed by atoms with Crippen LogP contribution in [0.2, 0.25) is 0 Å². The van der Waals surface area contributed by atoms with Crippen LogP contribution >= 0.6 is 0 Å². The van der Waals surface area contributed by atoms with Gasteiger partial charge in [0, 0.05) is 12.0 Å². The van der Waals surface area contributed by atoms with Crippen molar-refractivity contribution in [3.8, 4) is 11.5 Å². The highest BCUT2D eigenvalue weighted by molar-refractivity contribution is 5.52. The third-order valence-electron chi connectivity index (χ3n) is 3.43. The predicted octanol–water partition coefficient (Wildman–Crippen LogP) is 2.64. The minimum absolute atomic E-state index is 0.145. The normalized spacial score (nSPS) is 21.4. The Labute approximate surface area is 109 Å². The van der Waals surface area contributed by atoms with Gasteiger partial charge < -0.3 is 15.2 Å². The minimum Gasteiger partial charge on any atom is -0.493 e. The average Bonchev–Trinajstić information content (AvgIpc) is 2.63. The van der Waals surface area contributed by atoms with E-state index >= 15 is 0 Å². The summed E-state index contributed by atoms with van der Waals surface area (Å²) < 4.78 is 10.7. The van der Waals surface area contributed by atoms with Crippen molar-refractivity contribution in [2.45, 2.75) is 32.2 Å². The van der Waals surface area contributed by atoms with Gasteiger partial charge in [-0.25, -0.2) is 0 Å². The van der Waals surface area contributed by atoms with E-state index < -0.39 is 0 Å². The molecule has 1 aromatic rings. The first kappa shape index (κ1) is 13.0. The van der Waals surface area contributed by atoms with Gasteiger partial charge in [-0.05, 0) is 43.5 Å². The van der Waals surface area contributed by atoms with Crippen LogP contribution in [0.25, 0.3) is 0 Å². The molecule has 0 saturated carbocycles. The lowest BCUT2D eigenvalue weighted by atomic mass is 9.96. The van der Waals surface area contributed by atoms with Gasteiger partial charge in [-0.3, -0.25) is 0 Å². The van der Waals surface area contributed by atoms with Crippen LogP contribution in [0.3, 0.4) is 0 Å². The second-order valence-corrected chi connectivity index (χ2v) is 5.04. The van der Waals surface area contributed by atoms with E-state index in [0.717, 1.165) is 17.9 Å². The Morgan fingerprint density at radius 1 is 1.22 bits per heavy atom. The number of hydrogen-bond donors (Lipinski definition) is 1.